The smallest absolute Gasteiger partial charge is 0.429 e. The molecule has 2 unspecified atom stereocenters. The Morgan fingerprint density at radius 1 is 1.22 bits per heavy atom. The number of piperidine rings is 1. The number of alkyl halides is 3. The molecule has 0 saturated carbocycles. The summed E-state index contributed by atoms with van der Waals surface area (Å²) in [5.74, 6) is -1.84. The third-order valence-electron chi connectivity index (χ3n) is 8.05. The molecule has 0 radical (unpaired) electrons. The quantitative estimate of drug-likeness (QED) is 0.233. The molecule has 2 aromatic heterocycles. The SMILES string of the molecule is CCOC(=O)/C=C/c1ccc(-n2ccc(C)n2)c(C(Oc2cc(N3CCC4(CC3)CNC(C(=O)O)C4)nc(N)n2)C(F)(F)F)c1. The molecular weight excluding hydrogens is 595 g/mol. The number of benzene rings is 1. The van der Waals surface area contributed by atoms with Gasteiger partial charge >= 0.3 is 18.1 Å². The first kappa shape index (κ1) is 31.8. The maximum atomic E-state index is 14.8. The van der Waals surface area contributed by atoms with E-state index >= 15 is 0 Å². The van der Waals surface area contributed by atoms with Crippen molar-refractivity contribution in [2.45, 2.75) is 51.4 Å². The Balaban J connectivity index is 1.44. The van der Waals surface area contributed by atoms with Crippen LogP contribution in [0.1, 0.15) is 49.1 Å². The summed E-state index contributed by atoms with van der Waals surface area (Å²) in [6.45, 7) is 5.10. The molecule has 5 rings (SSSR count). The molecule has 2 aliphatic rings. The first-order valence-corrected chi connectivity index (χ1v) is 14.5. The third-order valence-corrected chi connectivity index (χ3v) is 8.05. The summed E-state index contributed by atoms with van der Waals surface area (Å²) in [4.78, 5) is 33.4. The molecule has 4 N–H and O–H groups in total. The number of hydrogen-bond donors (Lipinski definition) is 3. The number of ether oxygens (including phenoxy) is 2. The van der Waals surface area contributed by atoms with E-state index in [4.69, 9.17) is 15.2 Å². The van der Waals surface area contributed by atoms with Crippen molar-refractivity contribution in [1.82, 2.24) is 25.1 Å². The van der Waals surface area contributed by atoms with Gasteiger partial charge < -0.3 is 30.5 Å². The zero-order valence-corrected chi connectivity index (χ0v) is 24.8. The van der Waals surface area contributed by atoms with Crippen LogP contribution >= 0.6 is 0 Å². The number of anilines is 2. The van der Waals surface area contributed by atoms with E-state index in [1.165, 1.54) is 35.2 Å². The molecule has 2 atom stereocenters. The lowest BCUT2D eigenvalue weighted by atomic mass is 9.76. The van der Waals surface area contributed by atoms with E-state index in [-0.39, 0.29) is 35.1 Å². The number of carbonyl (C=O) groups is 2. The number of nitrogen functional groups attached to an aromatic ring is 1. The van der Waals surface area contributed by atoms with Crippen LogP contribution in [0.25, 0.3) is 11.8 Å². The molecule has 0 amide bonds. The number of halogens is 3. The van der Waals surface area contributed by atoms with Gasteiger partial charge in [-0.1, -0.05) is 6.07 Å². The van der Waals surface area contributed by atoms with Crippen LogP contribution in [0, 0.1) is 12.3 Å². The van der Waals surface area contributed by atoms with E-state index in [9.17, 15) is 27.9 Å². The molecule has 2 fully saturated rings. The molecule has 0 bridgehead atoms. The van der Waals surface area contributed by atoms with E-state index in [0.717, 1.165) is 6.08 Å². The first-order valence-electron chi connectivity index (χ1n) is 14.5. The van der Waals surface area contributed by atoms with Crippen molar-refractivity contribution >= 4 is 29.8 Å². The number of aromatic nitrogens is 4. The largest absolute Gasteiger partial charge is 0.480 e. The van der Waals surface area contributed by atoms with Gasteiger partial charge in [0.05, 0.1) is 18.0 Å². The van der Waals surface area contributed by atoms with Gasteiger partial charge in [-0.05, 0) is 68.4 Å². The van der Waals surface area contributed by atoms with Crippen LogP contribution in [0.3, 0.4) is 0 Å². The van der Waals surface area contributed by atoms with Gasteiger partial charge in [-0.15, -0.1) is 0 Å². The van der Waals surface area contributed by atoms with Crippen molar-refractivity contribution < 1.29 is 37.3 Å². The molecule has 15 heteroatoms. The lowest BCUT2D eigenvalue weighted by Gasteiger charge is -2.39. The number of nitrogens with one attached hydrogen (secondary N) is 1. The molecule has 45 heavy (non-hydrogen) atoms. The maximum absolute atomic E-state index is 14.8. The molecular formula is C30H34F3N7O5. The Morgan fingerprint density at radius 2 is 1.98 bits per heavy atom. The number of nitrogens with two attached hydrogens (primary N) is 1. The number of esters is 1. The highest BCUT2D eigenvalue weighted by molar-refractivity contribution is 5.87. The van der Waals surface area contributed by atoms with Crippen molar-refractivity contribution in [1.29, 1.82) is 0 Å². The number of carbonyl (C=O) groups excluding carboxylic acids is 1. The van der Waals surface area contributed by atoms with E-state index in [2.05, 4.69) is 20.4 Å². The van der Waals surface area contributed by atoms with Crippen LogP contribution in [0.2, 0.25) is 0 Å². The summed E-state index contributed by atoms with van der Waals surface area (Å²) in [6, 6.07) is 6.68. The normalized spacial score (nSPS) is 18.8. The second-order valence-electron chi connectivity index (χ2n) is 11.2. The molecule has 2 saturated heterocycles. The molecule has 2 aliphatic heterocycles. The number of aryl methyl sites for hydroxylation is 1. The van der Waals surface area contributed by atoms with Gasteiger partial charge in [0.15, 0.2) is 0 Å². The van der Waals surface area contributed by atoms with Gasteiger partial charge in [0.1, 0.15) is 11.9 Å². The molecule has 1 aromatic carbocycles. The highest BCUT2D eigenvalue weighted by Crippen LogP contribution is 2.42. The first-order chi connectivity index (χ1) is 21.4. The van der Waals surface area contributed by atoms with Crippen LogP contribution < -0.4 is 20.7 Å². The van der Waals surface area contributed by atoms with Gasteiger partial charge in [0.25, 0.3) is 0 Å². The van der Waals surface area contributed by atoms with Crippen molar-refractivity contribution in [3.8, 4) is 11.6 Å². The van der Waals surface area contributed by atoms with Crippen LogP contribution in [0.15, 0.2) is 42.6 Å². The van der Waals surface area contributed by atoms with Gasteiger partial charge in [-0.3, -0.25) is 4.79 Å². The summed E-state index contributed by atoms with van der Waals surface area (Å²) in [6.07, 6.45) is -1.50. The molecule has 0 aliphatic carbocycles. The second kappa shape index (κ2) is 12.8. The Morgan fingerprint density at radius 3 is 2.60 bits per heavy atom. The van der Waals surface area contributed by atoms with Crippen LogP contribution in [-0.4, -0.2) is 75.3 Å². The summed E-state index contributed by atoms with van der Waals surface area (Å²) in [7, 11) is 0. The summed E-state index contributed by atoms with van der Waals surface area (Å²) >= 11 is 0. The standard InChI is InChI=1S/C30H34F3N7O5/c1-3-44-25(41)7-5-19-4-6-22(40-11-8-18(2)38-40)20(14-19)26(30(31,32)33)45-24-15-23(36-28(34)37-24)39-12-9-29(10-13-39)16-21(27(42)43)35-17-29/h4-8,11,14-15,21,26,35H,3,9-10,12-13,16-17H2,1-2H3,(H,42,43)(H2,34,36,37)/b7-5+. The maximum Gasteiger partial charge on any atom is 0.429 e. The average Bonchev–Trinajstić information content (AvgIpc) is 3.61. The molecule has 1 spiro atoms. The summed E-state index contributed by atoms with van der Waals surface area (Å²) < 4.78 is 56.1. The molecule has 3 aromatic rings. The molecule has 240 valence electrons. The van der Waals surface area contributed by atoms with Crippen molar-refractivity contribution in [3.05, 3.63) is 59.4 Å². The Labute approximate surface area is 257 Å². The number of carboxylic acids is 1. The number of rotatable bonds is 9. The predicted octanol–water partition coefficient (Wildman–Crippen LogP) is 3.84. The average molecular weight is 630 g/mol. The predicted molar refractivity (Wildman–Crippen MR) is 158 cm³/mol. The van der Waals surface area contributed by atoms with Gasteiger partial charge in [0.2, 0.25) is 17.9 Å². The summed E-state index contributed by atoms with van der Waals surface area (Å²) in [5.41, 5.74) is 6.52. The van der Waals surface area contributed by atoms with E-state index in [0.29, 0.717) is 56.0 Å². The third kappa shape index (κ3) is 7.36. The van der Waals surface area contributed by atoms with Gasteiger partial charge in [-0.2, -0.15) is 28.2 Å². The number of hydrogen-bond acceptors (Lipinski definition) is 10. The minimum absolute atomic E-state index is 0.118. The molecule has 12 nitrogen and oxygen atoms in total. The fourth-order valence-corrected chi connectivity index (χ4v) is 5.76. The van der Waals surface area contributed by atoms with E-state index in [1.54, 1.807) is 26.0 Å². The minimum Gasteiger partial charge on any atom is -0.480 e. The molecule has 4 heterocycles. The lowest BCUT2D eigenvalue weighted by molar-refractivity contribution is -0.198. The minimum atomic E-state index is -4.89. The van der Waals surface area contributed by atoms with Crippen molar-refractivity contribution in [2.24, 2.45) is 5.41 Å². The number of aliphatic carboxylic acids is 1. The summed E-state index contributed by atoms with van der Waals surface area (Å²) in [5, 5.41) is 16.7. The Hall–Kier alpha value is -4.66. The van der Waals surface area contributed by atoms with Crippen LogP contribution in [0.5, 0.6) is 5.88 Å². The number of nitrogens with zero attached hydrogens (tertiary/aromatic N) is 5. The van der Waals surface area contributed by atoms with E-state index in [1.807, 2.05) is 4.90 Å². The lowest BCUT2D eigenvalue weighted by Crippen LogP contribution is -2.41. The second-order valence-corrected chi connectivity index (χ2v) is 11.2. The van der Waals surface area contributed by atoms with Crippen molar-refractivity contribution in [2.75, 3.05) is 36.9 Å². The zero-order chi connectivity index (χ0) is 32.4. The van der Waals surface area contributed by atoms with Gasteiger partial charge in [0, 0.05) is 43.5 Å². The van der Waals surface area contributed by atoms with Crippen molar-refractivity contribution in [3.63, 3.8) is 0 Å². The van der Waals surface area contributed by atoms with Crippen LogP contribution in [0.4, 0.5) is 24.9 Å². The Kier molecular flexibility index (Phi) is 9.00. The van der Waals surface area contributed by atoms with E-state index < -0.39 is 30.3 Å². The topological polar surface area (TPSA) is 158 Å². The van der Waals surface area contributed by atoms with Gasteiger partial charge in [-0.25, -0.2) is 9.48 Å². The highest BCUT2D eigenvalue weighted by atomic mass is 19.4. The number of carboxylic acid groups (broad SMARTS) is 1. The Bertz CT molecular complexity index is 1580. The monoisotopic (exact) mass is 629 g/mol. The fraction of sp³-hybridized carbons (Fsp3) is 0.433. The highest BCUT2D eigenvalue weighted by Gasteiger charge is 2.46. The fourth-order valence-electron chi connectivity index (χ4n) is 5.76. The zero-order valence-electron chi connectivity index (χ0n) is 24.8. The van der Waals surface area contributed by atoms with Crippen LogP contribution in [-0.2, 0) is 14.3 Å².